The summed E-state index contributed by atoms with van der Waals surface area (Å²) < 4.78 is 1.88. The summed E-state index contributed by atoms with van der Waals surface area (Å²) in [4.78, 5) is 22.1. The monoisotopic (exact) mass is 446 g/mol. The van der Waals surface area contributed by atoms with Crippen LogP contribution in [0.15, 0.2) is 6.07 Å². The van der Waals surface area contributed by atoms with Crippen LogP contribution in [0, 0.1) is 12.8 Å². The van der Waals surface area contributed by atoms with Crippen molar-refractivity contribution in [3.05, 3.63) is 23.1 Å². The summed E-state index contributed by atoms with van der Waals surface area (Å²) in [5, 5.41) is 8.67. The fourth-order valence-electron chi connectivity index (χ4n) is 5.56. The Morgan fingerprint density at radius 2 is 1.61 bits per heavy atom. The molecule has 8 heteroatoms. The van der Waals surface area contributed by atoms with Crippen LogP contribution in [-0.2, 0) is 12.8 Å². The SMILES string of the molecule is Cc1nc2c(nc1-c1cc3nc(N4CCCC4)nc(NC4CCC(C)CC4)n3n1)CCCC2. The van der Waals surface area contributed by atoms with Crippen LogP contribution in [-0.4, -0.2) is 48.7 Å². The molecule has 0 bridgehead atoms. The second-order valence-electron chi connectivity index (χ2n) is 10.2. The Morgan fingerprint density at radius 3 is 2.36 bits per heavy atom. The molecule has 3 aliphatic rings. The third-order valence-electron chi connectivity index (χ3n) is 7.59. The summed E-state index contributed by atoms with van der Waals surface area (Å²) in [7, 11) is 0. The third-order valence-corrected chi connectivity index (χ3v) is 7.59. The van der Waals surface area contributed by atoms with Crippen LogP contribution in [0.5, 0.6) is 0 Å². The molecule has 8 nitrogen and oxygen atoms in total. The van der Waals surface area contributed by atoms with Gasteiger partial charge in [0.2, 0.25) is 11.9 Å². The first kappa shape index (κ1) is 20.8. The zero-order valence-electron chi connectivity index (χ0n) is 19.8. The van der Waals surface area contributed by atoms with E-state index in [1.54, 1.807) is 0 Å². The van der Waals surface area contributed by atoms with E-state index in [-0.39, 0.29) is 0 Å². The van der Waals surface area contributed by atoms with E-state index in [4.69, 9.17) is 25.0 Å². The summed E-state index contributed by atoms with van der Waals surface area (Å²) in [6.07, 6.45) is 11.7. The number of fused-ring (bicyclic) bond motifs is 2. The number of hydrogen-bond acceptors (Lipinski definition) is 7. The number of rotatable bonds is 4. The van der Waals surface area contributed by atoms with Gasteiger partial charge in [0.05, 0.1) is 17.1 Å². The van der Waals surface area contributed by atoms with Crippen LogP contribution in [0.4, 0.5) is 11.9 Å². The smallest absolute Gasteiger partial charge is 0.230 e. The van der Waals surface area contributed by atoms with Gasteiger partial charge in [-0.2, -0.15) is 19.6 Å². The second kappa shape index (κ2) is 8.54. The number of nitrogens with zero attached hydrogens (tertiary/aromatic N) is 7. The van der Waals surface area contributed by atoms with E-state index in [0.29, 0.717) is 6.04 Å². The number of aromatic nitrogens is 6. The molecule has 3 aromatic heterocycles. The Balaban J connectivity index is 1.41. The standard InChI is InChI=1S/C25H34N8/c1-16-9-11-18(12-10-16)27-25-30-24(32-13-5-6-14-32)29-22-15-21(31-33(22)25)23-17(2)26-19-7-3-4-8-20(19)28-23/h15-16,18H,3-14H2,1-2H3,(H,27,29,30). The maximum Gasteiger partial charge on any atom is 0.230 e. The van der Waals surface area contributed by atoms with Gasteiger partial charge in [-0.3, -0.25) is 4.98 Å². The molecule has 1 saturated carbocycles. The van der Waals surface area contributed by atoms with Gasteiger partial charge in [0.25, 0.3) is 0 Å². The third kappa shape index (κ3) is 4.04. The lowest BCUT2D eigenvalue weighted by Crippen LogP contribution is -2.28. The van der Waals surface area contributed by atoms with Gasteiger partial charge >= 0.3 is 0 Å². The predicted octanol–water partition coefficient (Wildman–Crippen LogP) is 4.36. The van der Waals surface area contributed by atoms with Crippen molar-refractivity contribution < 1.29 is 0 Å². The van der Waals surface area contributed by atoms with Crippen molar-refractivity contribution in [3.8, 4) is 11.4 Å². The van der Waals surface area contributed by atoms with Crippen LogP contribution in [0.3, 0.4) is 0 Å². The first-order chi connectivity index (χ1) is 16.1. The summed E-state index contributed by atoms with van der Waals surface area (Å²) in [5.74, 6) is 2.43. The number of nitrogens with one attached hydrogen (secondary N) is 1. The van der Waals surface area contributed by atoms with Crippen molar-refractivity contribution in [2.24, 2.45) is 5.92 Å². The fraction of sp³-hybridized carbons (Fsp3) is 0.640. The maximum absolute atomic E-state index is 5.01. The second-order valence-corrected chi connectivity index (χ2v) is 10.2. The summed E-state index contributed by atoms with van der Waals surface area (Å²) in [5.41, 5.74) is 5.78. The van der Waals surface area contributed by atoms with Crippen LogP contribution in [0.1, 0.15) is 75.4 Å². The van der Waals surface area contributed by atoms with E-state index in [9.17, 15) is 0 Å². The topological polar surface area (TPSA) is 84.1 Å². The highest BCUT2D eigenvalue weighted by atomic mass is 15.4. The number of aryl methyl sites for hydroxylation is 3. The van der Waals surface area contributed by atoms with Crippen LogP contribution >= 0.6 is 0 Å². The molecule has 1 N–H and O–H groups in total. The van der Waals surface area contributed by atoms with Crippen LogP contribution in [0.2, 0.25) is 0 Å². The quantitative estimate of drug-likeness (QED) is 0.637. The molecule has 0 aromatic carbocycles. The minimum atomic E-state index is 0.434. The molecule has 4 heterocycles. The number of hydrogen-bond donors (Lipinski definition) is 1. The lowest BCUT2D eigenvalue weighted by molar-refractivity contribution is 0.360. The molecule has 33 heavy (non-hydrogen) atoms. The molecule has 6 rings (SSSR count). The molecule has 2 aliphatic carbocycles. The van der Waals surface area contributed by atoms with Gasteiger partial charge in [0, 0.05) is 25.2 Å². The van der Waals surface area contributed by atoms with Crippen molar-refractivity contribution in [3.63, 3.8) is 0 Å². The average molecular weight is 447 g/mol. The van der Waals surface area contributed by atoms with Crippen LogP contribution in [0.25, 0.3) is 17.0 Å². The molecule has 0 unspecified atom stereocenters. The largest absolute Gasteiger partial charge is 0.351 e. The Kier molecular flexibility index (Phi) is 5.38. The first-order valence-corrected chi connectivity index (χ1v) is 12.8. The van der Waals surface area contributed by atoms with E-state index >= 15 is 0 Å². The highest BCUT2D eigenvalue weighted by Crippen LogP contribution is 2.29. The van der Waals surface area contributed by atoms with E-state index in [1.165, 1.54) is 51.4 Å². The lowest BCUT2D eigenvalue weighted by Gasteiger charge is -2.27. The van der Waals surface area contributed by atoms with Gasteiger partial charge in [-0.25, -0.2) is 4.98 Å². The Labute approximate surface area is 195 Å². The summed E-state index contributed by atoms with van der Waals surface area (Å²) in [6.45, 7) is 6.44. The van der Waals surface area contributed by atoms with Crippen molar-refractivity contribution in [2.45, 2.75) is 84.1 Å². The van der Waals surface area contributed by atoms with Crippen molar-refractivity contribution >= 4 is 17.5 Å². The average Bonchev–Trinajstić information content (AvgIpc) is 3.50. The molecule has 2 fully saturated rings. The molecule has 174 valence electrons. The summed E-state index contributed by atoms with van der Waals surface area (Å²) in [6, 6.07) is 2.49. The molecule has 0 atom stereocenters. The normalized spacial score (nSPS) is 23.2. The van der Waals surface area contributed by atoms with E-state index < -0.39 is 0 Å². The number of anilines is 2. The maximum atomic E-state index is 5.01. The Hall–Kier alpha value is -2.77. The minimum Gasteiger partial charge on any atom is -0.351 e. The highest BCUT2D eigenvalue weighted by molar-refractivity contribution is 5.65. The lowest BCUT2D eigenvalue weighted by atomic mass is 9.87. The molecule has 0 amide bonds. The fourth-order valence-corrected chi connectivity index (χ4v) is 5.56. The van der Waals surface area contributed by atoms with Gasteiger partial charge in [-0.05, 0) is 77.0 Å². The minimum absolute atomic E-state index is 0.434. The highest BCUT2D eigenvalue weighted by Gasteiger charge is 2.24. The van der Waals surface area contributed by atoms with E-state index in [0.717, 1.165) is 77.9 Å². The molecule has 0 radical (unpaired) electrons. The molecule has 1 aliphatic heterocycles. The van der Waals surface area contributed by atoms with E-state index in [1.807, 2.05) is 11.4 Å². The van der Waals surface area contributed by atoms with Gasteiger partial charge in [0.1, 0.15) is 11.4 Å². The Morgan fingerprint density at radius 1 is 0.879 bits per heavy atom. The molecular formula is C25H34N8. The van der Waals surface area contributed by atoms with Gasteiger partial charge in [0.15, 0.2) is 5.65 Å². The molecule has 1 saturated heterocycles. The Bertz CT molecular complexity index is 1150. The van der Waals surface area contributed by atoms with Gasteiger partial charge in [-0.15, -0.1) is 0 Å². The zero-order valence-corrected chi connectivity index (χ0v) is 19.8. The van der Waals surface area contributed by atoms with Crippen molar-refractivity contribution in [1.29, 1.82) is 0 Å². The van der Waals surface area contributed by atoms with Crippen molar-refractivity contribution in [1.82, 2.24) is 29.5 Å². The molecule has 0 spiro atoms. The van der Waals surface area contributed by atoms with Gasteiger partial charge in [-0.1, -0.05) is 6.92 Å². The first-order valence-electron chi connectivity index (χ1n) is 12.8. The molecular weight excluding hydrogens is 412 g/mol. The summed E-state index contributed by atoms with van der Waals surface area (Å²) >= 11 is 0. The zero-order chi connectivity index (χ0) is 22.4. The van der Waals surface area contributed by atoms with Crippen molar-refractivity contribution in [2.75, 3.05) is 23.3 Å². The van der Waals surface area contributed by atoms with Gasteiger partial charge < -0.3 is 10.2 Å². The van der Waals surface area contributed by atoms with Crippen LogP contribution < -0.4 is 10.2 Å². The van der Waals surface area contributed by atoms with E-state index in [2.05, 4.69) is 23.2 Å². The predicted molar refractivity (Wildman–Crippen MR) is 130 cm³/mol. The molecule has 3 aromatic rings.